The Labute approximate surface area is 186 Å². The molecule has 1 aliphatic rings. The van der Waals surface area contributed by atoms with E-state index in [4.69, 9.17) is 10.7 Å². The van der Waals surface area contributed by atoms with Gasteiger partial charge in [0.15, 0.2) is 0 Å². The molecule has 2 heterocycles. The van der Waals surface area contributed by atoms with Gasteiger partial charge in [-0.25, -0.2) is 4.98 Å². The lowest BCUT2D eigenvalue weighted by molar-refractivity contribution is 0.0959. The number of hydrogen-bond acceptors (Lipinski definition) is 4. The molecule has 2 aromatic heterocycles. The normalized spacial score (nSPS) is 15.5. The van der Waals surface area contributed by atoms with Gasteiger partial charge in [0.25, 0.3) is 5.91 Å². The van der Waals surface area contributed by atoms with Crippen molar-refractivity contribution >= 4 is 33.1 Å². The first-order chi connectivity index (χ1) is 15.2. The van der Waals surface area contributed by atoms with Crippen molar-refractivity contribution in [3.8, 4) is 0 Å². The third-order valence-corrected chi connectivity index (χ3v) is 7.22. The van der Waals surface area contributed by atoms with Crippen molar-refractivity contribution in [2.45, 2.75) is 31.6 Å². The molecule has 1 atom stereocenters. The van der Waals surface area contributed by atoms with E-state index in [1.165, 1.54) is 28.0 Å². The number of carbonyl (C=O) groups excluding carboxylic acids is 1. The zero-order chi connectivity index (χ0) is 21.2. The first-order valence-electron chi connectivity index (χ1n) is 10.8. The molecule has 0 spiro atoms. The molecule has 3 N–H and O–H groups in total. The molecule has 0 bridgehead atoms. The van der Waals surface area contributed by atoms with Crippen LogP contribution >= 0.6 is 11.3 Å². The minimum absolute atomic E-state index is 0.114. The largest absolute Gasteiger partial charge is 0.397 e. The van der Waals surface area contributed by atoms with Gasteiger partial charge in [-0.05, 0) is 54.4 Å². The Morgan fingerprint density at radius 3 is 2.61 bits per heavy atom. The summed E-state index contributed by atoms with van der Waals surface area (Å²) in [6.07, 6.45) is 3.82. The van der Waals surface area contributed by atoms with E-state index in [-0.39, 0.29) is 5.91 Å². The van der Waals surface area contributed by atoms with Crippen LogP contribution in [0.2, 0.25) is 0 Å². The van der Waals surface area contributed by atoms with Crippen LogP contribution in [0.15, 0.2) is 66.7 Å². The third-order valence-electron chi connectivity index (χ3n) is 6.10. The molecule has 4 nitrogen and oxygen atoms in total. The minimum atomic E-state index is -0.114. The molecule has 1 amide bonds. The van der Waals surface area contributed by atoms with E-state index in [1.807, 2.05) is 18.2 Å². The van der Waals surface area contributed by atoms with Crippen molar-refractivity contribution in [1.82, 2.24) is 10.3 Å². The SMILES string of the molecule is Nc1c(C(=O)NCCc2ccccc2)sc2nc3c(cc12)CC(c1ccccc1)CC3. The van der Waals surface area contributed by atoms with E-state index in [0.29, 0.717) is 23.0 Å². The fourth-order valence-corrected chi connectivity index (χ4v) is 5.43. The van der Waals surface area contributed by atoms with Gasteiger partial charge in [-0.15, -0.1) is 11.3 Å². The lowest BCUT2D eigenvalue weighted by atomic mass is 9.82. The maximum Gasteiger partial charge on any atom is 0.263 e. The summed E-state index contributed by atoms with van der Waals surface area (Å²) >= 11 is 1.40. The predicted octanol–water partition coefficient (Wildman–Crippen LogP) is 5.12. The summed E-state index contributed by atoms with van der Waals surface area (Å²) in [6.45, 7) is 0.583. The number of aryl methyl sites for hydroxylation is 1. The molecule has 0 aliphatic heterocycles. The van der Waals surface area contributed by atoms with E-state index < -0.39 is 0 Å². The lowest BCUT2D eigenvalue weighted by Crippen LogP contribution is -2.25. The highest BCUT2D eigenvalue weighted by atomic mass is 32.1. The fourth-order valence-electron chi connectivity index (χ4n) is 4.41. The first kappa shape index (κ1) is 19.8. The number of anilines is 1. The summed E-state index contributed by atoms with van der Waals surface area (Å²) in [7, 11) is 0. The number of thiophene rings is 1. The predicted molar refractivity (Wildman–Crippen MR) is 128 cm³/mol. The molecule has 1 aliphatic carbocycles. The average molecular weight is 428 g/mol. The number of pyridine rings is 1. The van der Waals surface area contributed by atoms with Gasteiger partial charge in [0, 0.05) is 17.6 Å². The van der Waals surface area contributed by atoms with E-state index >= 15 is 0 Å². The van der Waals surface area contributed by atoms with Crippen LogP contribution in [0.3, 0.4) is 0 Å². The highest BCUT2D eigenvalue weighted by Crippen LogP contribution is 2.38. The number of aromatic nitrogens is 1. The van der Waals surface area contributed by atoms with Gasteiger partial charge >= 0.3 is 0 Å². The second-order valence-corrected chi connectivity index (χ2v) is 9.13. The molecule has 0 radical (unpaired) electrons. The Morgan fingerprint density at radius 1 is 1.10 bits per heavy atom. The van der Waals surface area contributed by atoms with Crippen molar-refractivity contribution in [2.75, 3.05) is 12.3 Å². The van der Waals surface area contributed by atoms with Gasteiger partial charge in [0.2, 0.25) is 0 Å². The third kappa shape index (κ3) is 4.06. The summed E-state index contributed by atoms with van der Waals surface area (Å²) in [5.74, 6) is 0.394. The highest BCUT2D eigenvalue weighted by Gasteiger charge is 2.24. The Bertz CT molecular complexity index is 1220. The molecule has 0 saturated carbocycles. The summed E-state index contributed by atoms with van der Waals surface area (Å²) in [5.41, 5.74) is 12.0. The zero-order valence-corrected chi connectivity index (χ0v) is 18.1. The minimum Gasteiger partial charge on any atom is -0.397 e. The highest BCUT2D eigenvalue weighted by molar-refractivity contribution is 7.21. The van der Waals surface area contributed by atoms with Gasteiger partial charge < -0.3 is 11.1 Å². The van der Waals surface area contributed by atoms with Crippen LogP contribution in [-0.2, 0) is 19.3 Å². The molecule has 5 rings (SSSR count). The zero-order valence-electron chi connectivity index (χ0n) is 17.3. The molecule has 156 valence electrons. The summed E-state index contributed by atoms with van der Waals surface area (Å²) < 4.78 is 0. The van der Waals surface area contributed by atoms with Crippen LogP contribution in [0, 0.1) is 0 Å². The van der Waals surface area contributed by atoms with Crippen LogP contribution in [0.5, 0.6) is 0 Å². The van der Waals surface area contributed by atoms with Crippen molar-refractivity contribution in [3.63, 3.8) is 0 Å². The molecule has 2 aromatic carbocycles. The van der Waals surface area contributed by atoms with Gasteiger partial charge in [-0.1, -0.05) is 60.7 Å². The van der Waals surface area contributed by atoms with Crippen molar-refractivity contribution in [3.05, 3.63) is 94.0 Å². The number of fused-ring (bicyclic) bond motifs is 2. The topological polar surface area (TPSA) is 68.0 Å². The van der Waals surface area contributed by atoms with Crippen LogP contribution < -0.4 is 11.1 Å². The first-order valence-corrected chi connectivity index (χ1v) is 11.6. The quantitative estimate of drug-likeness (QED) is 0.464. The molecule has 0 fully saturated rings. The Kier molecular flexibility index (Phi) is 5.43. The maximum atomic E-state index is 12.8. The Balaban J connectivity index is 1.34. The number of nitrogen functional groups attached to an aromatic ring is 1. The number of nitrogens with two attached hydrogens (primary N) is 1. The fraction of sp³-hybridized carbons (Fsp3) is 0.231. The van der Waals surface area contributed by atoms with E-state index in [9.17, 15) is 4.79 Å². The molecular weight excluding hydrogens is 402 g/mol. The molecule has 31 heavy (non-hydrogen) atoms. The van der Waals surface area contributed by atoms with Gasteiger partial charge in [-0.2, -0.15) is 0 Å². The van der Waals surface area contributed by atoms with Gasteiger partial charge in [-0.3, -0.25) is 4.79 Å². The standard InChI is InChI=1S/C26H25N3OS/c27-23-21-16-20-15-19(18-9-5-2-6-10-18)11-12-22(20)29-26(21)31-24(23)25(30)28-14-13-17-7-3-1-4-8-17/h1-10,16,19H,11-15,27H2,(H,28,30). The van der Waals surface area contributed by atoms with Crippen molar-refractivity contribution < 1.29 is 4.79 Å². The monoisotopic (exact) mass is 427 g/mol. The van der Waals surface area contributed by atoms with E-state index in [0.717, 1.165) is 41.6 Å². The van der Waals surface area contributed by atoms with Crippen LogP contribution in [0.25, 0.3) is 10.2 Å². The number of hydrogen-bond donors (Lipinski definition) is 2. The smallest absolute Gasteiger partial charge is 0.263 e. The lowest BCUT2D eigenvalue weighted by Gasteiger charge is -2.24. The number of nitrogens with zero attached hydrogens (tertiary/aromatic N) is 1. The maximum absolute atomic E-state index is 12.8. The number of carbonyl (C=O) groups is 1. The molecular formula is C26H25N3OS. The second-order valence-electron chi connectivity index (χ2n) is 8.13. The second kappa shape index (κ2) is 8.52. The van der Waals surface area contributed by atoms with Crippen molar-refractivity contribution in [1.29, 1.82) is 0 Å². The van der Waals surface area contributed by atoms with Crippen LogP contribution in [-0.4, -0.2) is 17.4 Å². The van der Waals surface area contributed by atoms with Gasteiger partial charge in [0.1, 0.15) is 9.71 Å². The summed E-state index contributed by atoms with van der Waals surface area (Å²) in [5, 5.41) is 3.92. The Morgan fingerprint density at radius 2 is 1.84 bits per heavy atom. The molecule has 4 aromatic rings. The van der Waals surface area contributed by atoms with E-state index in [2.05, 4.69) is 53.8 Å². The summed E-state index contributed by atoms with van der Waals surface area (Å²) in [4.78, 5) is 19.1. The van der Waals surface area contributed by atoms with Crippen molar-refractivity contribution in [2.24, 2.45) is 0 Å². The number of amides is 1. The van der Waals surface area contributed by atoms with Gasteiger partial charge in [0.05, 0.1) is 5.69 Å². The van der Waals surface area contributed by atoms with Crippen LogP contribution in [0.4, 0.5) is 5.69 Å². The molecule has 0 saturated heterocycles. The number of benzene rings is 2. The molecule has 5 heteroatoms. The average Bonchev–Trinajstić information content (AvgIpc) is 3.14. The number of nitrogens with one attached hydrogen (secondary N) is 1. The Hall–Kier alpha value is -3.18. The number of rotatable bonds is 5. The summed E-state index contributed by atoms with van der Waals surface area (Å²) in [6, 6.07) is 23.0. The van der Waals surface area contributed by atoms with E-state index in [1.54, 1.807) is 0 Å². The molecule has 1 unspecified atom stereocenters. The van der Waals surface area contributed by atoms with Crippen LogP contribution in [0.1, 0.15) is 44.4 Å².